The summed E-state index contributed by atoms with van der Waals surface area (Å²) in [7, 11) is 0. The smallest absolute Gasteiger partial charge is 0.223 e. The highest BCUT2D eigenvalue weighted by atomic mass is 16.2. The van der Waals surface area contributed by atoms with E-state index in [1.807, 2.05) is 18.3 Å². The fraction of sp³-hybridized carbons (Fsp3) is 0.500. The molecule has 5 heteroatoms. The number of hydrogen-bond acceptors (Lipinski definition) is 4. The lowest BCUT2D eigenvalue weighted by Crippen LogP contribution is -2.38. The molecule has 0 spiro atoms. The molecule has 0 radical (unpaired) electrons. The van der Waals surface area contributed by atoms with E-state index in [4.69, 9.17) is 4.98 Å². The van der Waals surface area contributed by atoms with Gasteiger partial charge in [-0.1, -0.05) is 20.8 Å². The number of carbonyl (C=O) groups is 1. The van der Waals surface area contributed by atoms with E-state index < -0.39 is 0 Å². The quantitative estimate of drug-likeness (QED) is 0.933. The SMILES string of the molecule is C[C@@H]1C[C@H]1C(=O)N[C@H]1CC(C)(C)Cc2nc(-c3ccncc3)ncc21. The van der Waals surface area contributed by atoms with E-state index in [1.54, 1.807) is 12.4 Å². The molecule has 2 aromatic heterocycles. The second kappa shape index (κ2) is 5.90. The van der Waals surface area contributed by atoms with Gasteiger partial charge < -0.3 is 5.32 Å². The number of hydrogen-bond donors (Lipinski definition) is 1. The Morgan fingerprint density at radius 3 is 2.68 bits per heavy atom. The third kappa shape index (κ3) is 3.28. The van der Waals surface area contributed by atoms with Crippen molar-refractivity contribution in [2.24, 2.45) is 17.3 Å². The molecular weight excluding hydrogens is 312 g/mol. The van der Waals surface area contributed by atoms with Gasteiger partial charge in [-0.2, -0.15) is 0 Å². The summed E-state index contributed by atoms with van der Waals surface area (Å²) >= 11 is 0. The van der Waals surface area contributed by atoms with Crippen molar-refractivity contribution in [2.75, 3.05) is 0 Å². The van der Waals surface area contributed by atoms with Gasteiger partial charge in [0, 0.05) is 35.6 Å². The summed E-state index contributed by atoms with van der Waals surface area (Å²) in [6, 6.07) is 3.85. The maximum Gasteiger partial charge on any atom is 0.223 e. The van der Waals surface area contributed by atoms with Gasteiger partial charge in [0.1, 0.15) is 0 Å². The van der Waals surface area contributed by atoms with Crippen molar-refractivity contribution in [3.63, 3.8) is 0 Å². The summed E-state index contributed by atoms with van der Waals surface area (Å²) in [6.07, 6.45) is 8.23. The van der Waals surface area contributed by atoms with Crippen LogP contribution in [0.15, 0.2) is 30.7 Å². The third-order valence-electron chi connectivity index (χ3n) is 5.38. The first kappa shape index (κ1) is 16.2. The number of fused-ring (bicyclic) bond motifs is 1. The number of aromatic nitrogens is 3. The van der Waals surface area contributed by atoms with Crippen LogP contribution in [0.5, 0.6) is 0 Å². The van der Waals surface area contributed by atoms with Gasteiger partial charge in [0.2, 0.25) is 5.91 Å². The van der Waals surface area contributed by atoms with Crippen molar-refractivity contribution in [1.29, 1.82) is 0 Å². The van der Waals surface area contributed by atoms with Gasteiger partial charge in [-0.3, -0.25) is 9.78 Å². The van der Waals surface area contributed by atoms with Gasteiger partial charge in [0.15, 0.2) is 5.82 Å². The van der Waals surface area contributed by atoms with Gasteiger partial charge in [-0.15, -0.1) is 0 Å². The van der Waals surface area contributed by atoms with Crippen LogP contribution < -0.4 is 5.32 Å². The van der Waals surface area contributed by atoms with Crippen LogP contribution in [0.25, 0.3) is 11.4 Å². The number of nitrogens with zero attached hydrogens (tertiary/aromatic N) is 3. The number of rotatable bonds is 3. The summed E-state index contributed by atoms with van der Waals surface area (Å²) in [6.45, 7) is 6.61. The molecular formula is C20H24N4O. The van der Waals surface area contributed by atoms with Gasteiger partial charge in [0.25, 0.3) is 0 Å². The summed E-state index contributed by atoms with van der Waals surface area (Å²) in [5.74, 6) is 1.60. The van der Waals surface area contributed by atoms with Crippen molar-refractivity contribution in [3.05, 3.63) is 42.0 Å². The molecule has 130 valence electrons. The Labute approximate surface area is 148 Å². The molecule has 0 aromatic carbocycles. The zero-order valence-electron chi connectivity index (χ0n) is 15.0. The predicted octanol–water partition coefficient (Wildman–Crippen LogP) is 3.32. The first-order valence-corrected chi connectivity index (χ1v) is 8.99. The number of nitrogens with one attached hydrogen (secondary N) is 1. The Morgan fingerprint density at radius 2 is 2.00 bits per heavy atom. The number of pyridine rings is 1. The van der Waals surface area contributed by atoms with Crippen molar-refractivity contribution in [1.82, 2.24) is 20.3 Å². The highest BCUT2D eigenvalue weighted by Crippen LogP contribution is 2.42. The van der Waals surface area contributed by atoms with E-state index in [-0.39, 0.29) is 23.3 Å². The summed E-state index contributed by atoms with van der Waals surface area (Å²) < 4.78 is 0. The van der Waals surface area contributed by atoms with Crippen LogP contribution in [0.4, 0.5) is 0 Å². The minimum atomic E-state index is 0.00513. The maximum atomic E-state index is 12.4. The van der Waals surface area contributed by atoms with E-state index in [0.717, 1.165) is 41.9 Å². The number of amides is 1. The number of carbonyl (C=O) groups excluding carboxylic acids is 1. The lowest BCUT2D eigenvalue weighted by molar-refractivity contribution is -0.123. The highest BCUT2D eigenvalue weighted by Gasteiger charge is 2.41. The average molecular weight is 336 g/mol. The van der Waals surface area contributed by atoms with E-state index in [9.17, 15) is 4.79 Å². The minimum absolute atomic E-state index is 0.00513. The fourth-order valence-corrected chi connectivity index (χ4v) is 3.78. The van der Waals surface area contributed by atoms with Crippen LogP contribution >= 0.6 is 0 Å². The van der Waals surface area contributed by atoms with E-state index in [1.165, 1.54) is 0 Å². The van der Waals surface area contributed by atoms with Gasteiger partial charge in [-0.25, -0.2) is 9.97 Å². The molecule has 2 aliphatic rings. The maximum absolute atomic E-state index is 12.4. The molecule has 0 aliphatic heterocycles. The average Bonchev–Trinajstić information content (AvgIpc) is 3.31. The Balaban J connectivity index is 1.65. The first-order valence-electron chi connectivity index (χ1n) is 8.99. The zero-order chi connectivity index (χ0) is 17.6. The fourth-order valence-electron chi connectivity index (χ4n) is 3.78. The largest absolute Gasteiger partial charge is 0.349 e. The minimum Gasteiger partial charge on any atom is -0.349 e. The zero-order valence-corrected chi connectivity index (χ0v) is 15.0. The molecule has 0 bridgehead atoms. The van der Waals surface area contributed by atoms with Crippen LogP contribution in [-0.2, 0) is 11.2 Å². The molecule has 0 unspecified atom stereocenters. The topological polar surface area (TPSA) is 67.8 Å². The molecule has 5 nitrogen and oxygen atoms in total. The lowest BCUT2D eigenvalue weighted by Gasteiger charge is -2.36. The molecule has 4 rings (SSSR count). The summed E-state index contributed by atoms with van der Waals surface area (Å²) in [4.78, 5) is 25.9. The van der Waals surface area contributed by atoms with Crippen LogP contribution in [0.1, 0.15) is 50.9 Å². The lowest BCUT2D eigenvalue weighted by atomic mass is 9.74. The normalized spacial score (nSPS) is 26.6. The molecule has 0 saturated heterocycles. The van der Waals surface area contributed by atoms with Gasteiger partial charge in [0.05, 0.1) is 11.7 Å². The highest BCUT2D eigenvalue weighted by molar-refractivity contribution is 5.82. The van der Waals surface area contributed by atoms with Crippen LogP contribution in [-0.4, -0.2) is 20.9 Å². The van der Waals surface area contributed by atoms with Crippen LogP contribution in [0.3, 0.4) is 0 Å². The van der Waals surface area contributed by atoms with Crippen molar-refractivity contribution in [3.8, 4) is 11.4 Å². The van der Waals surface area contributed by atoms with Crippen molar-refractivity contribution in [2.45, 2.75) is 46.1 Å². The molecule has 1 amide bonds. The van der Waals surface area contributed by atoms with E-state index in [0.29, 0.717) is 5.92 Å². The monoisotopic (exact) mass is 336 g/mol. The molecule has 1 N–H and O–H groups in total. The third-order valence-corrected chi connectivity index (χ3v) is 5.38. The Morgan fingerprint density at radius 1 is 1.28 bits per heavy atom. The second-order valence-corrected chi connectivity index (χ2v) is 8.26. The predicted molar refractivity (Wildman–Crippen MR) is 95.5 cm³/mol. The second-order valence-electron chi connectivity index (χ2n) is 8.26. The molecule has 3 atom stereocenters. The van der Waals surface area contributed by atoms with Crippen molar-refractivity contribution < 1.29 is 4.79 Å². The molecule has 2 aromatic rings. The van der Waals surface area contributed by atoms with Crippen molar-refractivity contribution >= 4 is 5.91 Å². The Kier molecular flexibility index (Phi) is 3.82. The first-order chi connectivity index (χ1) is 11.9. The Hall–Kier alpha value is -2.30. The van der Waals surface area contributed by atoms with Crippen LogP contribution in [0.2, 0.25) is 0 Å². The Bertz CT molecular complexity index is 803. The molecule has 2 aliphatic carbocycles. The van der Waals surface area contributed by atoms with E-state index in [2.05, 4.69) is 36.1 Å². The summed E-state index contributed by atoms with van der Waals surface area (Å²) in [5, 5.41) is 3.25. The van der Waals surface area contributed by atoms with Gasteiger partial charge >= 0.3 is 0 Å². The molecule has 1 fully saturated rings. The standard InChI is InChI=1S/C20H24N4O/c1-12-8-14(12)19(25)24-17-10-20(2,3)9-16-15(17)11-22-18(23-16)13-4-6-21-7-5-13/h4-7,11-12,14,17H,8-10H2,1-3H3,(H,24,25)/t12-,14-,17+/m1/s1. The van der Waals surface area contributed by atoms with E-state index >= 15 is 0 Å². The van der Waals surface area contributed by atoms with Gasteiger partial charge in [-0.05, 0) is 42.7 Å². The molecule has 25 heavy (non-hydrogen) atoms. The molecule has 2 heterocycles. The van der Waals surface area contributed by atoms with Crippen LogP contribution in [0, 0.1) is 17.3 Å². The molecule has 1 saturated carbocycles. The summed E-state index contributed by atoms with van der Waals surface area (Å²) in [5.41, 5.74) is 3.18.